The van der Waals surface area contributed by atoms with E-state index in [1.807, 2.05) is 0 Å². The molecule has 0 saturated carbocycles. The summed E-state index contributed by atoms with van der Waals surface area (Å²) < 4.78 is 0.891. The third-order valence-electron chi connectivity index (χ3n) is 4.89. The first-order chi connectivity index (χ1) is 8.32. The van der Waals surface area contributed by atoms with Crippen LogP contribution in [0.5, 0.6) is 0 Å². The monoisotopic (exact) mass is 589 g/mol. The van der Waals surface area contributed by atoms with Crippen LogP contribution in [0.15, 0.2) is 47.6 Å². The van der Waals surface area contributed by atoms with Crippen molar-refractivity contribution in [2.75, 3.05) is 0 Å². The zero-order chi connectivity index (χ0) is 13.6. The van der Waals surface area contributed by atoms with Crippen LogP contribution in [0, 0.1) is 0 Å². The summed E-state index contributed by atoms with van der Waals surface area (Å²) in [5.41, 5.74) is 3.24. The topological polar surface area (TPSA) is 0 Å². The normalized spacial score (nSPS) is 30.8. The standard InChI is InChI=1S/2C7H9.C2H7Si.2HI.Zr/c2*1-6-4-3-5-7(6)2;1-3-2;;;/h2*3-5H,1-2H3;3H,1-2H3;2*1H;/q;;;;;+2/p-2. The molecule has 0 aliphatic heterocycles. The maximum Gasteiger partial charge on any atom is -1.00 e. The van der Waals surface area contributed by atoms with E-state index in [2.05, 4.69) is 77.2 Å². The Balaban J connectivity index is 0.00000180. The Kier molecular flexibility index (Phi) is 8.47. The Morgan fingerprint density at radius 2 is 1.20 bits per heavy atom. The molecule has 0 fully saturated rings. The van der Waals surface area contributed by atoms with Crippen LogP contribution >= 0.6 is 0 Å². The molecule has 2 unspecified atom stereocenters. The van der Waals surface area contributed by atoms with Crippen LogP contribution < -0.4 is 48.0 Å². The first kappa shape index (κ1) is 21.5. The third kappa shape index (κ3) is 3.53. The Morgan fingerprint density at radius 1 is 0.850 bits per heavy atom. The average molecular weight is 590 g/mol. The van der Waals surface area contributed by atoms with Crippen molar-refractivity contribution in [1.82, 2.24) is 0 Å². The Hall–Kier alpha value is 1.52. The summed E-state index contributed by atoms with van der Waals surface area (Å²) in [5, 5.41) is 0. The maximum absolute atomic E-state index is 2.59. The molecular formula is C16H25I2SiZr. The SMILES string of the molecule is CC1=CC=C[C]1(C)[Zr+2]([SiH](C)C)[C]1(C)C=CC=C1C.[I-].[I-]. The number of hydrogen-bond acceptors (Lipinski definition) is 0. The van der Waals surface area contributed by atoms with Gasteiger partial charge in [-0.1, -0.05) is 0 Å². The van der Waals surface area contributed by atoms with Gasteiger partial charge in [0.15, 0.2) is 0 Å². The van der Waals surface area contributed by atoms with Gasteiger partial charge in [-0.15, -0.1) is 0 Å². The summed E-state index contributed by atoms with van der Waals surface area (Å²) in [4.78, 5) is 0. The van der Waals surface area contributed by atoms with E-state index in [0.29, 0.717) is 6.25 Å². The van der Waals surface area contributed by atoms with E-state index in [1.165, 1.54) is 0 Å². The second kappa shape index (κ2) is 7.87. The van der Waals surface area contributed by atoms with E-state index in [4.69, 9.17) is 0 Å². The molecule has 0 bridgehead atoms. The van der Waals surface area contributed by atoms with E-state index in [-0.39, 0.29) is 48.0 Å². The van der Waals surface area contributed by atoms with E-state index >= 15 is 0 Å². The van der Waals surface area contributed by atoms with Gasteiger partial charge in [-0.2, -0.15) is 0 Å². The molecule has 2 aliphatic rings. The first-order valence-corrected chi connectivity index (χ1v) is 16.5. The van der Waals surface area contributed by atoms with Gasteiger partial charge in [0.2, 0.25) is 0 Å². The number of allylic oxidation sites excluding steroid dienone is 8. The molecule has 0 aromatic heterocycles. The molecule has 2 aliphatic carbocycles. The quantitative estimate of drug-likeness (QED) is 0.292. The van der Waals surface area contributed by atoms with Crippen LogP contribution in [0.4, 0.5) is 0 Å². The van der Waals surface area contributed by atoms with Crippen LogP contribution in [0.2, 0.25) is 19.3 Å². The fraction of sp³-hybridized carbons (Fsp3) is 0.500. The number of rotatable bonds is 3. The Morgan fingerprint density at radius 3 is 1.40 bits per heavy atom. The first-order valence-electron chi connectivity index (χ1n) is 6.93. The zero-order valence-electron chi connectivity index (χ0n) is 13.3. The second-order valence-electron chi connectivity index (χ2n) is 6.39. The van der Waals surface area contributed by atoms with Crippen molar-refractivity contribution >= 4 is 5.92 Å². The largest absolute Gasteiger partial charge is 1.00 e. The molecule has 0 radical (unpaired) electrons. The van der Waals surface area contributed by atoms with Gasteiger partial charge in [0.05, 0.1) is 0 Å². The van der Waals surface area contributed by atoms with Crippen molar-refractivity contribution in [3.05, 3.63) is 47.6 Å². The van der Waals surface area contributed by atoms with Crippen molar-refractivity contribution in [3.8, 4) is 0 Å². The predicted molar refractivity (Wildman–Crippen MR) is 81.4 cm³/mol. The van der Waals surface area contributed by atoms with Crippen LogP contribution in [-0.4, -0.2) is 5.92 Å². The predicted octanol–water partition coefficient (Wildman–Crippen LogP) is -1.01. The molecule has 0 spiro atoms. The zero-order valence-corrected chi connectivity index (χ0v) is 21.2. The molecule has 0 saturated heterocycles. The van der Waals surface area contributed by atoms with Crippen LogP contribution in [0.1, 0.15) is 27.7 Å². The minimum absolute atomic E-state index is 0. The Bertz CT molecular complexity index is 439. The maximum atomic E-state index is 2.59. The molecule has 0 aromatic carbocycles. The summed E-state index contributed by atoms with van der Waals surface area (Å²) in [6.45, 7) is 14.9. The fourth-order valence-electron chi connectivity index (χ4n) is 3.72. The summed E-state index contributed by atoms with van der Waals surface area (Å²) in [6, 6.07) is 0. The number of halogens is 2. The van der Waals surface area contributed by atoms with Crippen LogP contribution in [0.3, 0.4) is 0 Å². The van der Waals surface area contributed by atoms with Gasteiger partial charge in [0, 0.05) is 0 Å². The molecule has 0 heterocycles. The summed E-state index contributed by atoms with van der Waals surface area (Å²) in [5.74, 6) is -0.590. The van der Waals surface area contributed by atoms with Gasteiger partial charge in [0.25, 0.3) is 0 Å². The van der Waals surface area contributed by atoms with E-state index in [1.54, 1.807) is 11.1 Å². The smallest absolute Gasteiger partial charge is 1.00 e. The van der Waals surface area contributed by atoms with Gasteiger partial charge in [0.1, 0.15) is 0 Å². The van der Waals surface area contributed by atoms with Gasteiger partial charge < -0.3 is 48.0 Å². The minimum Gasteiger partial charge on any atom is -1.00 e. The Labute approximate surface area is 167 Å². The minimum atomic E-state index is -1.63. The average Bonchev–Trinajstić information content (AvgIpc) is 2.74. The summed E-state index contributed by atoms with van der Waals surface area (Å²) in [7, 11) is 0. The van der Waals surface area contributed by atoms with Crippen molar-refractivity contribution in [2.45, 2.75) is 47.0 Å². The molecule has 2 atom stereocenters. The molecule has 20 heavy (non-hydrogen) atoms. The molecule has 0 aromatic rings. The van der Waals surface area contributed by atoms with Gasteiger partial charge in [-0.25, -0.2) is 0 Å². The molecule has 0 N–H and O–H groups in total. The van der Waals surface area contributed by atoms with Gasteiger partial charge in [-0.3, -0.25) is 0 Å². The van der Waals surface area contributed by atoms with Crippen molar-refractivity contribution in [3.63, 3.8) is 0 Å². The van der Waals surface area contributed by atoms with E-state index < -0.39 is 26.8 Å². The summed E-state index contributed by atoms with van der Waals surface area (Å²) >= 11 is -1.63. The number of hydrogen-bond donors (Lipinski definition) is 0. The molecule has 2 rings (SSSR count). The molecule has 4 heteroatoms. The molecule has 0 nitrogen and oxygen atoms in total. The van der Waals surface area contributed by atoms with Gasteiger partial charge >= 0.3 is 121 Å². The summed E-state index contributed by atoms with van der Waals surface area (Å²) in [6.07, 6.45) is 14.3. The molecule has 0 amide bonds. The third-order valence-corrected chi connectivity index (χ3v) is 29.9. The van der Waals surface area contributed by atoms with Crippen molar-refractivity contribution < 1.29 is 68.9 Å². The van der Waals surface area contributed by atoms with Crippen LogP contribution in [-0.2, 0) is 20.9 Å². The van der Waals surface area contributed by atoms with E-state index in [9.17, 15) is 0 Å². The van der Waals surface area contributed by atoms with E-state index in [0.717, 1.165) is 0 Å². The molecule has 111 valence electrons. The second-order valence-corrected chi connectivity index (χ2v) is 27.8. The van der Waals surface area contributed by atoms with Crippen molar-refractivity contribution in [1.29, 1.82) is 0 Å². The molecular weight excluding hydrogens is 565 g/mol. The fourth-order valence-corrected chi connectivity index (χ4v) is 34.1. The van der Waals surface area contributed by atoms with Crippen LogP contribution in [0.25, 0.3) is 0 Å². The van der Waals surface area contributed by atoms with Gasteiger partial charge in [-0.05, 0) is 0 Å². The van der Waals surface area contributed by atoms with Crippen molar-refractivity contribution in [2.24, 2.45) is 0 Å².